The van der Waals surface area contributed by atoms with Gasteiger partial charge in [0.1, 0.15) is 17.3 Å². The molecule has 19 heavy (non-hydrogen) atoms. The van der Waals surface area contributed by atoms with Crippen LogP contribution in [0.5, 0.6) is 5.75 Å². The largest absolute Gasteiger partial charge is 0.496 e. The Kier molecular flexibility index (Phi) is 4.24. The minimum atomic E-state index is 0.00810. The third kappa shape index (κ3) is 2.97. The molecule has 0 fully saturated rings. The molecule has 1 heterocycles. The number of hydrogen-bond donors (Lipinski definition) is 2. The maximum atomic E-state index is 5.69. The molecule has 1 aromatic carbocycles. The zero-order chi connectivity index (χ0) is 13.8. The van der Waals surface area contributed by atoms with Crippen molar-refractivity contribution in [1.82, 2.24) is 5.43 Å². The van der Waals surface area contributed by atoms with Gasteiger partial charge in [0.2, 0.25) is 0 Å². The number of aryl methyl sites for hydroxylation is 2. The molecule has 0 aliphatic carbocycles. The summed E-state index contributed by atoms with van der Waals surface area (Å²) >= 11 is 0. The van der Waals surface area contributed by atoms with Crippen LogP contribution in [0.4, 0.5) is 0 Å². The molecule has 1 unspecified atom stereocenters. The number of nitrogens with two attached hydrogens (primary N) is 1. The summed E-state index contributed by atoms with van der Waals surface area (Å²) in [6.07, 6.45) is 0.750. The van der Waals surface area contributed by atoms with Gasteiger partial charge in [-0.3, -0.25) is 11.3 Å². The molecule has 0 bridgehead atoms. The van der Waals surface area contributed by atoms with Crippen LogP contribution >= 0.6 is 0 Å². The molecule has 4 nitrogen and oxygen atoms in total. The van der Waals surface area contributed by atoms with Gasteiger partial charge in [-0.15, -0.1) is 0 Å². The number of hydrogen-bond acceptors (Lipinski definition) is 4. The summed E-state index contributed by atoms with van der Waals surface area (Å²) in [5, 5.41) is 0. The van der Waals surface area contributed by atoms with E-state index in [1.165, 1.54) is 0 Å². The van der Waals surface area contributed by atoms with Crippen LogP contribution in [-0.4, -0.2) is 7.11 Å². The van der Waals surface area contributed by atoms with Crippen molar-refractivity contribution in [2.24, 2.45) is 5.84 Å². The average Bonchev–Trinajstić information content (AvgIpc) is 2.75. The molecule has 0 aliphatic rings. The molecule has 0 aliphatic heterocycles. The fraction of sp³-hybridized carbons (Fsp3) is 0.333. The van der Waals surface area contributed by atoms with E-state index < -0.39 is 0 Å². The van der Waals surface area contributed by atoms with E-state index in [-0.39, 0.29) is 6.04 Å². The van der Waals surface area contributed by atoms with Gasteiger partial charge >= 0.3 is 0 Å². The SMILES string of the molecule is COc1ccccc1CC(NN)c1cc(C)oc1C. The van der Waals surface area contributed by atoms with E-state index in [1.54, 1.807) is 7.11 Å². The van der Waals surface area contributed by atoms with Gasteiger partial charge in [0, 0.05) is 5.56 Å². The number of methoxy groups -OCH3 is 1. The highest BCUT2D eigenvalue weighted by Gasteiger charge is 2.18. The number of ether oxygens (including phenoxy) is 1. The van der Waals surface area contributed by atoms with Gasteiger partial charge in [0.15, 0.2) is 0 Å². The zero-order valence-electron chi connectivity index (χ0n) is 11.6. The first-order chi connectivity index (χ1) is 9.15. The summed E-state index contributed by atoms with van der Waals surface area (Å²) in [7, 11) is 1.68. The molecule has 0 saturated heterocycles. The molecule has 3 N–H and O–H groups in total. The lowest BCUT2D eigenvalue weighted by Gasteiger charge is -2.17. The van der Waals surface area contributed by atoms with E-state index >= 15 is 0 Å². The molecule has 102 valence electrons. The fourth-order valence-electron chi connectivity index (χ4n) is 2.35. The maximum absolute atomic E-state index is 5.69. The van der Waals surface area contributed by atoms with Crippen LogP contribution in [0.15, 0.2) is 34.7 Å². The number of nitrogens with one attached hydrogen (secondary N) is 1. The minimum absolute atomic E-state index is 0.00810. The number of furan rings is 1. The highest BCUT2D eigenvalue weighted by molar-refractivity contribution is 5.36. The number of rotatable bonds is 5. The van der Waals surface area contributed by atoms with Crippen LogP contribution in [-0.2, 0) is 6.42 Å². The third-order valence-corrected chi connectivity index (χ3v) is 3.27. The zero-order valence-corrected chi connectivity index (χ0v) is 11.6. The molecule has 2 aromatic rings. The molecule has 0 amide bonds. The van der Waals surface area contributed by atoms with Crippen LogP contribution in [0.3, 0.4) is 0 Å². The minimum Gasteiger partial charge on any atom is -0.496 e. The van der Waals surface area contributed by atoms with E-state index in [2.05, 4.69) is 5.43 Å². The summed E-state index contributed by atoms with van der Waals surface area (Å²) in [6, 6.07) is 9.99. The third-order valence-electron chi connectivity index (χ3n) is 3.27. The van der Waals surface area contributed by atoms with Gasteiger partial charge in [-0.05, 0) is 38.0 Å². The van der Waals surface area contributed by atoms with Gasteiger partial charge in [-0.25, -0.2) is 0 Å². The lowest BCUT2D eigenvalue weighted by atomic mass is 9.99. The summed E-state index contributed by atoms with van der Waals surface area (Å²) in [6.45, 7) is 3.89. The van der Waals surface area contributed by atoms with Crippen molar-refractivity contribution in [2.45, 2.75) is 26.3 Å². The standard InChI is InChI=1S/C15H20N2O2/c1-10-8-13(11(2)19-10)14(17-16)9-12-6-4-5-7-15(12)18-3/h4-8,14,17H,9,16H2,1-3H3. The predicted molar refractivity (Wildman–Crippen MR) is 74.9 cm³/mol. The molecular weight excluding hydrogens is 240 g/mol. The Morgan fingerprint density at radius 3 is 2.63 bits per heavy atom. The van der Waals surface area contributed by atoms with Crippen molar-refractivity contribution in [2.75, 3.05) is 7.11 Å². The van der Waals surface area contributed by atoms with Crippen molar-refractivity contribution in [1.29, 1.82) is 0 Å². The highest BCUT2D eigenvalue weighted by Crippen LogP contribution is 2.27. The van der Waals surface area contributed by atoms with Crippen LogP contribution in [0, 0.1) is 13.8 Å². The van der Waals surface area contributed by atoms with Crippen molar-refractivity contribution in [3.05, 3.63) is 53.0 Å². The smallest absolute Gasteiger partial charge is 0.122 e. The van der Waals surface area contributed by atoms with Crippen LogP contribution in [0.25, 0.3) is 0 Å². The molecule has 0 spiro atoms. The molecule has 0 saturated carbocycles. The second-order valence-electron chi connectivity index (χ2n) is 4.60. The van der Waals surface area contributed by atoms with Crippen LogP contribution in [0.1, 0.15) is 28.7 Å². The van der Waals surface area contributed by atoms with Gasteiger partial charge in [-0.2, -0.15) is 0 Å². The van der Waals surface area contributed by atoms with Crippen molar-refractivity contribution >= 4 is 0 Å². The van der Waals surface area contributed by atoms with E-state index in [1.807, 2.05) is 44.2 Å². The molecule has 4 heteroatoms. The Hall–Kier alpha value is -1.78. The number of para-hydroxylation sites is 1. The van der Waals surface area contributed by atoms with Gasteiger partial charge in [0.05, 0.1) is 13.2 Å². The Labute approximate surface area is 113 Å². The van der Waals surface area contributed by atoms with E-state index in [0.717, 1.165) is 34.8 Å². The predicted octanol–water partition coefficient (Wildman–Crippen LogP) is 2.65. The fourth-order valence-corrected chi connectivity index (χ4v) is 2.35. The Bertz CT molecular complexity index is 549. The van der Waals surface area contributed by atoms with Gasteiger partial charge < -0.3 is 9.15 Å². The first-order valence-electron chi connectivity index (χ1n) is 6.30. The number of hydrazine groups is 1. The molecule has 0 radical (unpaired) electrons. The second-order valence-corrected chi connectivity index (χ2v) is 4.60. The molecule has 2 rings (SSSR count). The van der Waals surface area contributed by atoms with E-state index in [4.69, 9.17) is 15.0 Å². The maximum Gasteiger partial charge on any atom is 0.122 e. The Balaban J connectivity index is 2.26. The van der Waals surface area contributed by atoms with E-state index in [0.29, 0.717) is 0 Å². The Morgan fingerprint density at radius 2 is 2.05 bits per heavy atom. The summed E-state index contributed by atoms with van der Waals surface area (Å²) in [5.41, 5.74) is 5.06. The molecular formula is C15H20N2O2. The number of benzene rings is 1. The second kappa shape index (κ2) is 5.91. The summed E-state index contributed by atoms with van der Waals surface area (Å²) < 4.78 is 10.9. The van der Waals surface area contributed by atoms with Crippen LogP contribution in [0.2, 0.25) is 0 Å². The highest BCUT2D eigenvalue weighted by atomic mass is 16.5. The monoisotopic (exact) mass is 260 g/mol. The van der Waals surface area contributed by atoms with Gasteiger partial charge in [0.25, 0.3) is 0 Å². The van der Waals surface area contributed by atoms with Crippen molar-refractivity contribution in [3.63, 3.8) is 0 Å². The van der Waals surface area contributed by atoms with Crippen molar-refractivity contribution in [3.8, 4) is 5.75 Å². The first-order valence-corrected chi connectivity index (χ1v) is 6.30. The van der Waals surface area contributed by atoms with Crippen molar-refractivity contribution < 1.29 is 9.15 Å². The normalized spacial score (nSPS) is 12.4. The topological polar surface area (TPSA) is 60.4 Å². The lowest BCUT2D eigenvalue weighted by molar-refractivity contribution is 0.405. The Morgan fingerprint density at radius 1 is 1.32 bits per heavy atom. The van der Waals surface area contributed by atoms with Crippen LogP contribution < -0.4 is 16.0 Å². The first kappa shape index (κ1) is 13.6. The molecule has 1 atom stereocenters. The lowest BCUT2D eigenvalue weighted by Crippen LogP contribution is -2.29. The molecule has 1 aromatic heterocycles. The quantitative estimate of drug-likeness (QED) is 0.641. The summed E-state index contributed by atoms with van der Waals surface area (Å²) in [5.74, 6) is 8.36. The van der Waals surface area contributed by atoms with Gasteiger partial charge in [-0.1, -0.05) is 18.2 Å². The average molecular weight is 260 g/mol. The summed E-state index contributed by atoms with van der Waals surface area (Å²) in [4.78, 5) is 0. The van der Waals surface area contributed by atoms with E-state index in [9.17, 15) is 0 Å².